The Kier molecular flexibility index (Phi) is 4.56. The zero-order valence-electron chi connectivity index (χ0n) is 11.2. The van der Waals surface area contributed by atoms with E-state index in [-0.39, 0.29) is 16.9 Å². The maximum atomic E-state index is 12.6. The number of pyridine rings is 1. The van der Waals surface area contributed by atoms with Crippen LogP contribution in [0.4, 0.5) is 24.5 Å². The number of anilines is 2. The van der Waals surface area contributed by atoms with Crippen LogP contribution in [-0.4, -0.2) is 18.1 Å². The Balaban J connectivity index is 2.37. The first-order valence-electron chi connectivity index (χ1n) is 5.99. The number of alkyl halides is 3. The lowest BCUT2D eigenvalue weighted by Crippen LogP contribution is -2.09. The van der Waals surface area contributed by atoms with Crippen molar-refractivity contribution in [1.82, 2.24) is 4.98 Å². The number of carbonyl (C=O) groups is 1. The minimum Gasteiger partial charge on any atom is -0.465 e. The first kappa shape index (κ1) is 16.1. The molecule has 0 aliphatic carbocycles. The predicted molar refractivity (Wildman–Crippen MR) is 75.3 cm³/mol. The lowest BCUT2D eigenvalue weighted by Gasteiger charge is -2.12. The Morgan fingerprint density at radius 2 is 2.00 bits per heavy atom. The van der Waals surface area contributed by atoms with Crippen LogP contribution in [0.2, 0.25) is 5.02 Å². The first-order chi connectivity index (χ1) is 10.3. The molecule has 8 heteroatoms. The van der Waals surface area contributed by atoms with E-state index < -0.39 is 17.8 Å². The van der Waals surface area contributed by atoms with E-state index in [1.807, 2.05) is 0 Å². The van der Waals surface area contributed by atoms with Gasteiger partial charge in [-0.1, -0.05) is 11.6 Å². The normalized spacial score (nSPS) is 11.1. The number of hydrogen-bond donors (Lipinski definition) is 1. The van der Waals surface area contributed by atoms with Crippen molar-refractivity contribution >= 4 is 28.9 Å². The number of esters is 1. The van der Waals surface area contributed by atoms with Crippen molar-refractivity contribution in [1.29, 1.82) is 0 Å². The molecule has 0 unspecified atom stereocenters. The average molecular weight is 331 g/mol. The van der Waals surface area contributed by atoms with Crippen molar-refractivity contribution in [2.75, 3.05) is 12.4 Å². The van der Waals surface area contributed by atoms with Crippen LogP contribution in [0.25, 0.3) is 0 Å². The van der Waals surface area contributed by atoms with Crippen LogP contribution < -0.4 is 5.32 Å². The van der Waals surface area contributed by atoms with E-state index in [1.165, 1.54) is 31.4 Å². The Labute approximate surface area is 128 Å². The van der Waals surface area contributed by atoms with E-state index in [2.05, 4.69) is 15.0 Å². The van der Waals surface area contributed by atoms with Crippen molar-refractivity contribution in [3.05, 3.63) is 52.8 Å². The molecule has 1 aromatic heterocycles. The highest BCUT2D eigenvalue weighted by Crippen LogP contribution is 2.30. The lowest BCUT2D eigenvalue weighted by atomic mass is 10.1. The molecule has 0 saturated carbocycles. The third-order valence-electron chi connectivity index (χ3n) is 2.72. The molecule has 0 fully saturated rings. The number of hydrogen-bond acceptors (Lipinski definition) is 4. The van der Waals surface area contributed by atoms with Gasteiger partial charge in [0, 0.05) is 16.9 Å². The highest BCUT2D eigenvalue weighted by molar-refractivity contribution is 6.31. The molecule has 0 aliphatic rings. The number of halogens is 4. The summed E-state index contributed by atoms with van der Waals surface area (Å²) in [6.45, 7) is 0. The smallest absolute Gasteiger partial charge is 0.433 e. The Bertz CT molecular complexity index is 705. The molecule has 2 rings (SSSR count). The number of aromatic nitrogens is 1. The molecule has 4 nitrogen and oxygen atoms in total. The number of carbonyl (C=O) groups excluding carboxylic acids is 1. The van der Waals surface area contributed by atoms with Crippen LogP contribution >= 0.6 is 11.6 Å². The predicted octanol–water partition coefficient (Wildman–Crippen LogP) is 4.28. The maximum absolute atomic E-state index is 12.6. The molecule has 22 heavy (non-hydrogen) atoms. The van der Waals surface area contributed by atoms with Crippen LogP contribution in [0.3, 0.4) is 0 Å². The summed E-state index contributed by atoms with van der Waals surface area (Å²) in [5.41, 5.74) is -0.517. The summed E-state index contributed by atoms with van der Waals surface area (Å²) in [7, 11) is 1.20. The monoisotopic (exact) mass is 330 g/mol. The Morgan fingerprint density at radius 3 is 2.64 bits per heavy atom. The van der Waals surface area contributed by atoms with Gasteiger partial charge in [-0.3, -0.25) is 4.98 Å². The van der Waals surface area contributed by atoms with Gasteiger partial charge in [0.25, 0.3) is 0 Å². The molecule has 0 aliphatic heterocycles. The molecule has 0 radical (unpaired) electrons. The summed E-state index contributed by atoms with van der Waals surface area (Å²) in [5.74, 6) is -0.657. The van der Waals surface area contributed by atoms with Crippen LogP contribution in [0.1, 0.15) is 16.1 Å². The molecule has 1 heterocycles. The largest absolute Gasteiger partial charge is 0.465 e. The average Bonchev–Trinajstić information content (AvgIpc) is 2.47. The van der Waals surface area contributed by atoms with Crippen LogP contribution in [0, 0.1) is 0 Å². The number of ether oxygens (including phenoxy) is 1. The third kappa shape index (κ3) is 3.67. The van der Waals surface area contributed by atoms with Crippen LogP contribution in [0.15, 0.2) is 36.5 Å². The van der Waals surface area contributed by atoms with Gasteiger partial charge in [-0.2, -0.15) is 13.2 Å². The fourth-order valence-corrected chi connectivity index (χ4v) is 1.90. The Morgan fingerprint density at radius 1 is 1.27 bits per heavy atom. The van der Waals surface area contributed by atoms with Gasteiger partial charge >= 0.3 is 12.1 Å². The number of rotatable bonds is 3. The summed E-state index contributed by atoms with van der Waals surface area (Å²) in [5, 5.41) is 3.03. The lowest BCUT2D eigenvalue weighted by molar-refractivity contribution is -0.141. The zero-order chi connectivity index (χ0) is 16.3. The SMILES string of the molecule is COC(=O)c1cc(Cl)ccc1Nc1ccnc(C(F)(F)F)c1. The summed E-state index contributed by atoms with van der Waals surface area (Å²) in [4.78, 5) is 15.0. The molecule has 2 aromatic rings. The van der Waals surface area contributed by atoms with Gasteiger partial charge in [0.2, 0.25) is 0 Å². The number of methoxy groups -OCH3 is 1. The van der Waals surface area contributed by atoms with Gasteiger partial charge in [-0.25, -0.2) is 4.79 Å². The summed E-state index contributed by atoms with van der Waals surface area (Å²) in [6.07, 6.45) is -3.53. The minimum absolute atomic E-state index is 0.111. The highest BCUT2D eigenvalue weighted by atomic mass is 35.5. The standard InChI is InChI=1S/C14H10ClF3N2O2/c1-22-13(21)10-6-8(15)2-3-11(10)20-9-4-5-19-12(7-9)14(16,17)18/h2-7H,1H3,(H,19,20). The van der Waals surface area contributed by atoms with E-state index in [4.69, 9.17) is 11.6 Å². The molecule has 0 bridgehead atoms. The van der Waals surface area contributed by atoms with Crippen LogP contribution in [-0.2, 0) is 10.9 Å². The fourth-order valence-electron chi connectivity index (χ4n) is 1.72. The minimum atomic E-state index is -4.55. The molecule has 1 aromatic carbocycles. The third-order valence-corrected chi connectivity index (χ3v) is 2.95. The first-order valence-corrected chi connectivity index (χ1v) is 6.37. The van der Waals surface area contributed by atoms with Gasteiger partial charge in [0.1, 0.15) is 5.69 Å². The van der Waals surface area contributed by atoms with Crippen molar-refractivity contribution in [2.24, 2.45) is 0 Å². The quantitative estimate of drug-likeness (QED) is 0.853. The molecule has 116 valence electrons. The molecule has 0 saturated heterocycles. The number of benzene rings is 1. The van der Waals surface area contributed by atoms with Gasteiger partial charge < -0.3 is 10.1 Å². The van der Waals surface area contributed by atoms with Crippen molar-refractivity contribution in [2.45, 2.75) is 6.18 Å². The second kappa shape index (κ2) is 6.23. The second-order valence-electron chi connectivity index (χ2n) is 4.23. The fraction of sp³-hybridized carbons (Fsp3) is 0.143. The topological polar surface area (TPSA) is 51.2 Å². The highest BCUT2D eigenvalue weighted by Gasteiger charge is 2.32. The zero-order valence-corrected chi connectivity index (χ0v) is 12.0. The molecule has 0 amide bonds. The number of nitrogens with zero attached hydrogens (tertiary/aromatic N) is 1. The van der Waals surface area contributed by atoms with E-state index in [0.717, 1.165) is 12.3 Å². The molecular weight excluding hydrogens is 321 g/mol. The van der Waals surface area contributed by atoms with Gasteiger partial charge in [0.15, 0.2) is 0 Å². The molecule has 0 atom stereocenters. The molecule has 1 N–H and O–H groups in total. The van der Waals surface area contributed by atoms with E-state index in [9.17, 15) is 18.0 Å². The Hall–Kier alpha value is -2.28. The van der Waals surface area contributed by atoms with Crippen molar-refractivity contribution in [3.63, 3.8) is 0 Å². The van der Waals surface area contributed by atoms with E-state index >= 15 is 0 Å². The molecule has 0 spiro atoms. The summed E-state index contributed by atoms with van der Waals surface area (Å²) in [6, 6.07) is 6.53. The van der Waals surface area contributed by atoms with E-state index in [1.54, 1.807) is 0 Å². The molecular formula is C14H10ClF3N2O2. The second-order valence-corrected chi connectivity index (χ2v) is 4.67. The summed E-state index contributed by atoms with van der Waals surface area (Å²) < 4.78 is 42.5. The van der Waals surface area contributed by atoms with E-state index in [0.29, 0.717) is 5.02 Å². The van der Waals surface area contributed by atoms with Crippen LogP contribution in [0.5, 0.6) is 0 Å². The maximum Gasteiger partial charge on any atom is 0.433 e. The van der Waals surface area contributed by atoms with Gasteiger partial charge in [-0.05, 0) is 30.3 Å². The van der Waals surface area contributed by atoms with Crippen molar-refractivity contribution < 1.29 is 22.7 Å². The number of nitrogens with one attached hydrogen (secondary N) is 1. The summed E-state index contributed by atoms with van der Waals surface area (Å²) >= 11 is 5.81. The van der Waals surface area contributed by atoms with Gasteiger partial charge in [0.05, 0.1) is 18.4 Å². The van der Waals surface area contributed by atoms with Crippen molar-refractivity contribution in [3.8, 4) is 0 Å². The van der Waals surface area contributed by atoms with Gasteiger partial charge in [-0.15, -0.1) is 0 Å².